The van der Waals surface area contributed by atoms with Crippen LogP contribution in [0.2, 0.25) is 0 Å². The molecular formula is C20H22FN3O4. The lowest BCUT2D eigenvalue weighted by Crippen LogP contribution is -2.47. The number of alkyl carbamates (subject to hydrolysis) is 1. The molecule has 0 spiro atoms. The Bertz CT molecular complexity index is 845. The van der Waals surface area contributed by atoms with E-state index in [2.05, 4.69) is 15.8 Å². The van der Waals surface area contributed by atoms with Crippen molar-refractivity contribution >= 4 is 11.9 Å². The van der Waals surface area contributed by atoms with Gasteiger partial charge in [0, 0.05) is 12.0 Å². The van der Waals surface area contributed by atoms with Crippen molar-refractivity contribution in [1.29, 1.82) is 0 Å². The number of hydrogen-bond acceptors (Lipinski definition) is 6. The van der Waals surface area contributed by atoms with Gasteiger partial charge in [-0.3, -0.25) is 15.3 Å². The largest absolute Gasteiger partial charge is 0.497 e. The molecule has 28 heavy (non-hydrogen) atoms. The van der Waals surface area contributed by atoms with Crippen LogP contribution < -0.4 is 15.5 Å². The molecule has 2 aromatic carbocycles. The Kier molecular flexibility index (Phi) is 6.44. The van der Waals surface area contributed by atoms with E-state index in [0.29, 0.717) is 23.7 Å². The topological polar surface area (TPSA) is 81.2 Å². The fraction of sp³-hybridized carbons (Fsp3) is 0.300. The predicted octanol–water partition coefficient (Wildman–Crippen LogP) is 2.78. The first kappa shape index (κ1) is 19.6. The number of carbonyl (C=O) groups excluding carboxylic acids is 1. The van der Waals surface area contributed by atoms with Gasteiger partial charge in [0.1, 0.15) is 30.1 Å². The Morgan fingerprint density at radius 2 is 2.00 bits per heavy atom. The summed E-state index contributed by atoms with van der Waals surface area (Å²) in [7, 11) is 2.91. The number of amides is 1. The number of methoxy groups -OCH3 is 1. The first-order valence-corrected chi connectivity index (χ1v) is 8.76. The van der Waals surface area contributed by atoms with Crippen LogP contribution in [0.4, 0.5) is 9.18 Å². The molecule has 1 heterocycles. The maximum absolute atomic E-state index is 14.6. The van der Waals surface area contributed by atoms with Crippen LogP contribution in [0.25, 0.3) is 0 Å². The summed E-state index contributed by atoms with van der Waals surface area (Å²) in [5.41, 5.74) is 3.94. The van der Waals surface area contributed by atoms with Crippen LogP contribution >= 0.6 is 0 Å². The molecule has 2 N–H and O–H groups in total. The summed E-state index contributed by atoms with van der Waals surface area (Å²) in [6.45, 7) is 0.420. The van der Waals surface area contributed by atoms with Gasteiger partial charge in [-0.25, -0.2) is 9.18 Å². The first-order chi connectivity index (χ1) is 13.6. The van der Waals surface area contributed by atoms with Crippen LogP contribution in [0.1, 0.15) is 17.0 Å². The molecule has 0 radical (unpaired) electrons. The zero-order valence-corrected chi connectivity index (χ0v) is 15.6. The van der Waals surface area contributed by atoms with E-state index < -0.39 is 23.9 Å². The van der Waals surface area contributed by atoms with Crippen molar-refractivity contribution in [2.24, 2.45) is 4.99 Å². The smallest absolute Gasteiger partial charge is 0.408 e. The van der Waals surface area contributed by atoms with Gasteiger partial charge in [0.15, 0.2) is 0 Å². The summed E-state index contributed by atoms with van der Waals surface area (Å²) in [6.07, 6.45) is -0.625. The molecule has 0 saturated carbocycles. The van der Waals surface area contributed by atoms with Gasteiger partial charge in [-0.15, -0.1) is 0 Å². The summed E-state index contributed by atoms with van der Waals surface area (Å²) in [4.78, 5) is 21.6. The lowest BCUT2D eigenvalue weighted by atomic mass is 9.92. The Morgan fingerprint density at radius 1 is 1.21 bits per heavy atom. The molecule has 0 saturated heterocycles. The van der Waals surface area contributed by atoms with Crippen LogP contribution in [0.5, 0.6) is 5.75 Å². The van der Waals surface area contributed by atoms with Crippen molar-refractivity contribution in [3.8, 4) is 5.75 Å². The number of carbonyl (C=O) groups is 1. The van der Waals surface area contributed by atoms with Gasteiger partial charge in [-0.05, 0) is 17.2 Å². The minimum Gasteiger partial charge on any atom is -0.497 e. The fourth-order valence-electron chi connectivity index (χ4n) is 3.07. The minimum atomic E-state index is -0.625. The number of halogens is 1. The molecule has 0 aromatic heterocycles. The van der Waals surface area contributed by atoms with E-state index in [0.717, 1.165) is 5.56 Å². The third-order valence-electron chi connectivity index (χ3n) is 4.46. The minimum absolute atomic E-state index is 0.130. The second-order valence-corrected chi connectivity index (χ2v) is 6.21. The van der Waals surface area contributed by atoms with Gasteiger partial charge in [0.2, 0.25) is 0 Å². The molecule has 8 heteroatoms. The van der Waals surface area contributed by atoms with Gasteiger partial charge >= 0.3 is 6.09 Å². The number of hydrogen-bond donors (Lipinski definition) is 2. The van der Waals surface area contributed by atoms with Crippen molar-refractivity contribution in [1.82, 2.24) is 10.8 Å². The van der Waals surface area contributed by atoms with Crippen LogP contribution in [-0.4, -0.2) is 38.7 Å². The zero-order chi connectivity index (χ0) is 19.9. The number of aliphatic imine (C=N–C) groups is 1. The molecule has 0 fully saturated rings. The van der Waals surface area contributed by atoms with Gasteiger partial charge < -0.3 is 14.8 Å². The number of benzene rings is 2. The van der Waals surface area contributed by atoms with E-state index >= 15 is 0 Å². The van der Waals surface area contributed by atoms with Crippen LogP contribution in [-0.2, 0) is 16.2 Å². The summed E-state index contributed by atoms with van der Waals surface area (Å²) in [5.74, 6) is -0.0166. The van der Waals surface area contributed by atoms with Crippen molar-refractivity contribution in [3.05, 3.63) is 65.5 Å². The molecule has 0 aliphatic carbocycles. The number of nitrogens with zero attached hydrogens (tertiary/aromatic N) is 1. The molecule has 7 nitrogen and oxygen atoms in total. The molecular weight excluding hydrogens is 365 g/mol. The molecule has 0 bridgehead atoms. The summed E-state index contributed by atoms with van der Waals surface area (Å²) in [6, 6.07) is 13.3. The number of amidine groups is 1. The Morgan fingerprint density at radius 3 is 2.68 bits per heavy atom. The van der Waals surface area contributed by atoms with Crippen molar-refractivity contribution in [2.75, 3.05) is 20.8 Å². The average Bonchev–Trinajstić information content (AvgIpc) is 3.09. The maximum Gasteiger partial charge on any atom is 0.408 e. The molecule has 2 atom stereocenters. The molecule has 148 valence electrons. The molecule has 1 amide bonds. The van der Waals surface area contributed by atoms with Gasteiger partial charge in [-0.2, -0.15) is 0 Å². The second kappa shape index (κ2) is 9.18. The van der Waals surface area contributed by atoms with E-state index in [1.54, 1.807) is 12.1 Å². The van der Waals surface area contributed by atoms with Crippen LogP contribution in [0, 0.1) is 5.82 Å². The fourth-order valence-corrected chi connectivity index (χ4v) is 3.07. The summed E-state index contributed by atoms with van der Waals surface area (Å²) >= 11 is 0. The number of nitrogens with one attached hydrogen (secondary N) is 2. The van der Waals surface area contributed by atoms with E-state index in [1.807, 2.05) is 30.3 Å². The molecule has 3 rings (SSSR count). The van der Waals surface area contributed by atoms with E-state index in [9.17, 15) is 9.18 Å². The maximum atomic E-state index is 14.6. The third kappa shape index (κ3) is 4.58. The summed E-state index contributed by atoms with van der Waals surface area (Å²) < 4.78 is 24.9. The van der Waals surface area contributed by atoms with Crippen LogP contribution in [0.15, 0.2) is 53.5 Å². The SMILES string of the molecule is CONC1=NC[C@@H](c2ccc(OC)cc2F)[C@@H]1NC(=O)OCc1ccccc1. The normalized spacial score (nSPS) is 18.3. The highest BCUT2D eigenvalue weighted by atomic mass is 19.1. The highest BCUT2D eigenvalue weighted by Gasteiger charge is 2.36. The Balaban J connectivity index is 1.72. The van der Waals surface area contributed by atoms with E-state index in [1.165, 1.54) is 20.3 Å². The highest BCUT2D eigenvalue weighted by Crippen LogP contribution is 2.30. The van der Waals surface area contributed by atoms with Crippen LogP contribution in [0.3, 0.4) is 0 Å². The average molecular weight is 387 g/mol. The zero-order valence-electron chi connectivity index (χ0n) is 15.6. The lowest BCUT2D eigenvalue weighted by molar-refractivity contribution is 0.131. The third-order valence-corrected chi connectivity index (χ3v) is 4.46. The van der Waals surface area contributed by atoms with Gasteiger partial charge in [0.05, 0.1) is 20.8 Å². The number of ether oxygens (including phenoxy) is 2. The number of rotatable bonds is 6. The highest BCUT2D eigenvalue weighted by molar-refractivity contribution is 5.92. The molecule has 2 aromatic rings. The predicted molar refractivity (Wildman–Crippen MR) is 102 cm³/mol. The quantitative estimate of drug-likeness (QED) is 0.745. The Labute approximate surface area is 162 Å². The second-order valence-electron chi connectivity index (χ2n) is 6.21. The van der Waals surface area contributed by atoms with E-state index in [4.69, 9.17) is 14.3 Å². The molecule has 0 unspecified atom stereocenters. The van der Waals surface area contributed by atoms with Crippen molar-refractivity contribution in [2.45, 2.75) is 18.6 Å². The van der Waals surface area contributed by atoms with Gasteiger partial charge in [-0.1, -0.05) is 36.4 Å². The standard InChI is InChI=1S/C20H22FN3O4/c1-26-14-8-9-15(17(21)10-14)16-11-22-19(24-27-2)18(16)23-20(25)28-12-13-6-4-3-5-7-13/h3-10,16,18H,11-12H2,1-2H3,(H,22,24)(H,23,25)/t16-,18-/m0/s1. The van der Waals surface area contributed by atoms with E-state index in [-0.39, 0.29) is 6.61 Å². The monoisotopic (exact) mass is 387 g/mol. The van der Waals surface area contributed by atoms with Crippen molar-refractivity contribution in [3.63, 3.8) is 0 Å². The Hall–Kier alpha value is -3.13. The number of hydroxylamine groups is 1. The van der Waals surface area contributed by atoms with Crippen molar-refractivity contribution < 1.29 is 23.5 Å². The first-order valence-electron chi connectivity index (χ1n) is 8.76. The van der Waals surface area contributed by atoms with Gasteiger partial charge in [0.25, 0.3) is 0 Å². The molecule has 1 aliphatic heterocycles. The lowest BCUT2D eigenvalue weighted by Gasteiger charge is -2.23. The molecule has 1 aliphatic rings. The summed E-state index contributed by atoms with van der Waals surface area (Å²) in [5, 5.41) is 2.76.